The molecule has 34 heavy (non-hydrogen) atoms. The van der Waals surface area contributed by atoms with Crippen molar-refractivity contribution in [3.63, 3.8) is 0 Å². The molecule has 1 aromatic heterocycles. The van der Waals surface area contributed by atoms with Crippen molar-refractivity contribution < 1.29 is 4.74 Å². The molecule has 1 saturated heterocycles. The number of para-hydroxylation sites is 2. The van der Waals surface area contributed by atoms with E-state index in [0.717, 1.165) is 72.0 Å². The number of nitrogens with zero attached hydrogens (tertiary/aromatic N) is 4. The molecule has 3 aromatic carbocycles. The lowest BCUT2D eigenvalue weighted by Crippen LogP contribution is -2.23. The Hall–Kier alpha value is -3.86. The Morgan fingerprint density at radius 3 is 2.41 bits per heavy atom. The lowest BCUT2D eigenvalue weighted by Gasteiger charge is -2.21. The van der Waals surface area contributed by atoms with Gasteiger partial charge < -0.3 is 14.5 Å². The van der Waals surface area contributed by atoms with E-state index in [2.05, 4.69) is 76.5 Å². The van der Waals surface area contributed by atoms with Crippen LogP contribution in [0, 0.1) is 0 Å². The molecule has 2 aliphatic heterocycles. The molecule has 0 N–H and O–H groups in total. The highest BCUT2D eigenvalue weighted by Crippen LogP contribution is 2.43. The minimum atomic E-state index is 0.670. The summed E-state index contributed by atoms with van der Waals surface area (Å²) in [6.07, 6.45) is 3.04. The monoisotopic (exact) mass is 448 g/mol. The van der Waals surface area contributed by atoms with Gasteiger partial charge in [-0.1, -0.05) is 36.4 Å². The fourth-order valence-corrected chi connectivity index (χ4v) is 5.06. The van der Waals surface area contributed by atoms with Crippen LogP contribution < -0.4 is 14.5 Å². The molecule has 0 bridgehead atoms. The predicted molar refractivity (Wildman–Crippen MR) is 140 cm³/mol. The van der Waals surface area contributed by atoms with E-state index >= 15 is 0 Å². The first-order valence-corrected chi connectivity index (χ1v) is 12.1. The van der Waals surface area contributed by atoms with E-state index in [1.807, 2.05) is 19.1 Å². The number of fused-ring (bicyclic) bond motifs is 2. The van der Waals surface area contributed by atoms with E-state index in [1.54, 1.807) is 0 Å². The second-order valence-electron chi connectivity index (χ2n) is 8.73. The molecule has 170 valence electrons. The standard InChI is InChI=1S/C29H28N4O/c1-2-34-23-16-14-22(15-17-23)33-20-18-25-28(24-11-6-7-12-26(24)30-29(25)33)31-27-13-8-19-32(27)21-9-4-3-5-10-21/h3-7,9-12,14-17H,2,8,13,18-20H2,1H3. The molecule has 6 rings (SSSR count). The summed E-state index contributed by atoms with van der Waals surface area (Å²) >= 11 is 0. The highest BCUT2D eigenvalue weighted by atomic mass is 16.5. The number of pyridine rings is 1. The molecule has 0 spiro atoms. The van der Waals surface area contributed by atoms with E-state index in [9.17, 15) is 0 Å². The van der Waals surface area contributed by atoms with Gasteiger partial charge in [0.1, 0.15) is 17.4 Å². The highest BCUT2D eigenvalue weighted by molar-refractivity contribution is 6.05. The fourth-order valence-electron chi connectivity index (χ4n) is 5.06. The number of aromatic nitrogens is 1. The number of amidine groups is 1. The van der Waals surface area contributed by atoms with Crippen LogP contribution in [0.5, 0.6) is 5.75 Å². The van der Waals surface area contributed by atoms with Crippen LogP contribution in [0.1, 0.15) is 25.3 Å². The van der Waals surface area contributed by atoms with E-state index in [4.69, 9.17) is 14.7 Å². The van der Waals surface area contributed by atoms with E-state index in [1.165, 1.54) is 11.3 Å². The summed E-state index contributed by atoms with van der Waals surface area (Å²) in [6.45, 7) is 4.58. The summed E-state index contributed by atoms with van der Waals surface area (Å²) in [6, 6.07) is 27.3. The third-order valence-electron chi connectivity index (χ3n) is 6.64. The van der Waals surface area contributed by atoms with Crippen molar-refractivity contribution in [1.82, 2.24) is 4.98 Å². The van der Waals surface area contributed by atoms with Crippen molar-refractivity contribution in [3.8, 4) is 5.75 Å². The number of hydrogen-bond acceptors (Lipinski definition) is 4. The molecule has 2 aliphatic rings. The molecule has 0 saturated carbocycles. The molecule has 1 fully saturated rings. The third-order valence-corrected chi connectivity index (χ3v) is 6.64. The van der Waals surface area contributed by atoms with Crippen molar-refractivity contribution in [2.45, 2.75) is 26.2 Å². The van der Waals surface area contributed by atoms with Crippen molar-refractivity contribution in [2.24, 2.45) is 4.99 Å². The molecule has 0 atom stereocenters. The van der Waals surface area contributed by atoms with Crippen LogP contribution in [-0.2, 0) is 6.42 Å². The maximum atomic E-state index is 5.63. The quantitative estimate of drug-likeness (QED) is 0.342. The normalized spacial score (nSPS) is 16.4. The van der Waals surface area contributed by atoms with Gasteiger partial charge in [0.05, 0.1) is 17.8 Å². The number of anilines is 3. The van der Waals surface area contributed by atoms with Gasteiger partial charge in [0.25, 0.3) is 0 Å². The van der Waals surface area contributed by atoms with Crippen LogP contribution in [-0.4, -0.2) is 30.5 Å². The van der Waals surface area contributed by atoms with Crippen LogP contribution in [0.4, 0.5) is 22.9 Å². The molecule has 5 heteroatoms. The minimum absolute atomic E-state index is 0.670. The average Bonchev–Trinajstić information content (AvgIpc) is 3.52. The van der Waals surface area contributed by atoms with Crippen molar-refractivity contribution in [1.29, 1.82) is 0 Å². The zero-order valence-corrected chi connectivity index (χ0v) is 19.4. The van der Waals surface area contributed by atoms with Gasteiger partial charge in [-0.3, -0.25) is 0 Å². The molecule has 0 aliphatic carbocycles. The molecule has 0 radical (unpaired) electrons. The van der Waals surface area contributed by atoms with Crippen molar-refractivity contribution in [2.75, 3.05) is 29.5 Å². The summed E-state index contributed by atoms with van der Waals surface area (Å²) in [5.41, 5.74) is 5.65. The third kappa shape index (κ3) is 3.67. The molecule has 4 aromatic rings. The summed E-state index contributed by atoms with van der Waals surface area (Å²) in [7, 11) is 0. The largest absolute Gasteiger partial charge is 0.494 e. The highest BCUT2D eigenvalue weighted by Gasteiger charge is 2.28. The van der Waals surface area contributed by atoms with Crippen molar-refractivity contribution in [3.05, 3.63) is 84.4 Å². The number of ether oxygens (including phenoxy) is 1. The average molecular weight is 449 g/mol. The minimum Gasteiger partial charge on any atom is -0.494 e. The second kappa shape index (κ2) is 8.82. The van der Waals surface area contributed by atoms with E-state index in [-0.39, 0.29) is 0 Å². The molecular weight excluding hydrogens is 420 g/mol. The van der Waals surface area contributed by atoms with Crippen LogP contribution in [0.3, 0.4) is 0 Å². The van der Waals surface area contributed by atoms with Gasteiger partial charge in [-0.15, -0.1) is 0 Å². The number of hydrogen-bond donors (Lipinski definition) is 0. The Morgan fingerprint density at radius 1 is 0.824 bits per heavy atom. The van der Waals surface area contributed by atoms with Gasteiger partial charge in [0.15, 0.2) is 0 Å². The van der Waals surface area contributed by atoms with E-state index in [0.29, 0.717) is 6.61 Å². The van der Waals surface area contributed by atoms with Crippen LogP contribution in [0.2, 0.25) is 0 Å². The molecule has 3 heterocycles. The molecule has 5 nitrogen and oxygen atoms in total. The van der Waals surface area contributed by atoms with E-state index < -0.39 is 0 Å². The SMILES string of the molecule is CCOc1ccc(N2CCc3c2nc2ccccc2c3N=C2CCCN2c2ccccc2)cc1. The molecular formula is C29H28N4O. The Morgan fingerprint density at radius 2 is 1.59 bits per heavy atom. The topological polar surface area (TPSA) is 41.0 Å². The van der Waals surface area contributed by atoms with Crippen LogP contribution in [0.15, 0.2) is 83.9 Å². The summed E-state index contributed by atoms with van der Waals surface area (Å²) < 4.78 is 5.63. The maximum absolute atomic E-state index is 5.63. The Labute approximate surface area is 200 Å². The Kier molecular flexibility index (Phi) is 5.38. The zero-order valence-electron chi connectivity index (χ0n) is 19.4. The number of rotatable bonds is 5. The number of benzene rings is 3. The smallest absolute Gasteiger partial charge is 0.139 e. The zero-order chi connectivity index (χ0) is 22.9. The van der Waals surface area contributed by atoms with Gasteiger partial charge in [0.2, 0.25) is 0 Å². The van der Waals surface area contributed by atoms with Crippen LogP contribution in [0.25, 0.3) is 10.9 Å². The lowest BCUT2D eigenvalue weighted by atomic mass is 10.1. The second-order valence-corrected chi connectivity index (χ2v) is 8.73. The van der Waals surface area contributed by atoms with Gasteiger partial charge >= 0.3 is 0 Å². The molecule has 0 amide bonds. The summed E-state index contributed by atoms with van der Waals surface area (Å²) in [5, 5.41) is 1.13. The van der Waals surface area contributed by atoms with Gasteiger partial charge in [0, 0.05) is 41.8 Å². The first-order valence-electron chi connectivity index (χ1n) is 12.1. The first kappa shape index (κ1) is 20.7. The van der Waals surface area contributed by atoms with Gasteiger partial charge in [-0.05, 0) is 62.2 Å². The Bertz CT molecular complexity index is 1350. The first-order chi connectivity index (χ1) is 16.8. The fraction of sp³-hybridized carbons (Fsp3) is 0.241. The molecule has 0 unspecified atom stereocenters. The van der Waals surface area contributed by atoms with Gasteiger partial charge in [-0.2, -0.15) is 0 Å². The Balaban J connectivity index is 1.45. The number of aliphatic imine (C=N–C) groups is 1. The maximum Gasteiger partial charge on any atom is 0.139 e. The lowest BCUT2D eigenvalue weighted by molar-refractivity contribution is 0.340. The summed E-state index contributed by atoms with van der Waals surface area (Å²) in [5.74, 6) is 3.06. The van der Waals surface area contributed by atoms with Gasteiger partial charge in [-0.25, -0.2) is 9.98 Å². The summed E-state index contributed by atoms with van der Waals surface area (Å²) in [4.78, 5) is 15.1. The van der Waals surface area contributed by atoms with Crippen molar-refractivity contribution >= 4 is 39.6 Å². The van der Waals surface area contributed by atoms with Crippen LogP contribution >= 0.6 is 0 Å². The predicted octanol–water partition coefficient (Wildman–Crippen LogP) is 6.66.